The van der Waals surface area contributed by atoms with Crippen molar-refractivity contribution in [2.75, 3.05) is 0 Å². The molecule has 2 N–H and O–H groups in total. The van der Waals surface area contributed by atoms with Crippen LogP contribution in [0.2, 0.25) is 0 Å². The van der Waals surface area contributed by atoms with Gasteiger partial charge >= 0.3 is 0 Å². The number of fused-ring (bicyclic) bond motifs is 1. The van der Waals surface area contributed by atoms with Crippen molar-refractivity contribution in [3.05, 3.63) is 30.0 Å². The van der Waals surface area contributed by atoms with Crippen LogP contribution in [0.25, 0.3) is 10.9 Å². The van der Waals surface area contributed by atoms with E-state index in [1.54, 1.807) is 19.1 Å². The van der Waals surface area contributed by atoms with Crippen LogP contribution in [0, 0.1) is 0 Å². The minimum atomic E-state index is -0.344. The van der Waals surface area contributed by atoms with E-state index in [4.69, 9.17) is 0 Å². The molecule has 0 spiro atoms. The molecule has 0 saturated heterocycles. The molecule has 2 aromatic rings. The number of aromatic nitrogens is 1. The van der Waals surface area contributed by atoms with Gasteiger partial charge in [-0.15, -0.1) is 0 Å². The van der Waals surface area contributed by atoms with Gasteiger partial charge in [-0.2, -0.15) is 0 Å². The number of aliphatic hydroxyl groups is 1. The normalized spacial score (nSPS) is 13.2. The lowest BCUT2D eigenvalue weighted by Crippen LogP contribution is -2.09. The minimum Gasteiger partial charge on any atom is -0.508 e. The molecule has 0 amide bonds. The Morgan fingerprint density at radius 3 is 2.69 bits per heavy atom. The van der Waals surface area contributed by atoms with Gasteiger partial charge in [-0.1, -0.05) is 0 Å². The zero-order valence-corrected chi connectivity index (χ0v) is 9.64. The summed E-state index contributed by atoms with van der Waals surface area (Å²) in [6.45, 7) is 4.74. The molecule has 1 aromatic carbocycles. The molecular weight excluding hydrogens is 202 g/mol. The largest absolute Gasteiger partial charge is 0.508 e. The SMILES string of the molecule is CCn1c(CC(C)O)cc2cc(O)ccc21. The van der Waals surface area contributed by atoms with E-state index in [0.717, 1.165) is 23.1 Å². The second-order valence-electron chi connectivity index (χ2n) is 4.18. The molecule has 2 rings (SSSR count). The fourth-order valence-corrected chi connectivity index (χ4v) is 2.16. The number of rotatable bonds is 3. The number of hydrogen-bond donors (Lipinski definition) is 2. The highest BCUT2D eigenvalue weighted by molar-refractivity contribution is 5.82. The standard InChI is InChI=1S/C13H17NO2/c1-3-14-11(6-9(2)15)7-10-8-12(16)4-5-13(10)14/h4-5,7-9,15-16H,3,6H2,1-2H3. The van der Waals surface area contributed by atoms with E-state index in [1.807, 2.05) is 12.1 Å². The molecular formula is C13H17NO2. The van der Waals surface area contributed by atoms with Crippen LogP contribution in [0.3, 0.4) is 0 Å². The smallest absolute Gasteiger partial charge is 0.116 e. The van der Waals surface area contributed by atoms with Gasteiger partial charge in [0.05, 0.1) is 6.10 Å². The molecule has 1 atom stereocenters. The first-order valence-electron chi connectivity index (χ1n) is 5.61. The molecule has 1 aromatic heterocycles. The molecule has 1 heterocycles. The van der Waals surface area contributed by atoms with Crippen LogP contribution in [0.1, 0.15) is 19.5 Å². The van der Waals surface area contributed by atoms with Gasteiger partial charge in [0.1, 0.15) is 5.75 Å². The van der Waals surface area contributed by atoms with E-state index in [2.05, 4.69) is 11.5 Å². The summed E-state index contributed by atoms with van der Waals surface area (Å²) < 4.78 is 2.17. The van der Waals surface area contributed by atoms with Crippen LogP contribution in [-0.4, -0.2) is 20.9 Å². The molecule has 3 nitrogen and oxygen atoms in total. The Bertz CT molecular complexity index is 500. The summed E-state index contributed by atoms with van der Waals surface area (Å²) >= 11 is 0. The van der Waals surface area contributed by atoms with Crippen molar-refractivity contribution in [3.8, 4) is 5.75 Å². The monoisotopic (exact) mass is 219 g/mol. The Labute approximate surface area is 94.9 Å². The molecule has 1 unspecified atom stereocenters. The summed E-state index contributed by atoms with van der Waals surface area (Å²) in [5, 5.41) is 19.9. The fraction of sp³-hybridized carbons (Fsp3) is 0.385. The minimum absolute atomic E-state index is 0.282. The average Bonchev–Trinajstić information content (AvgIpc) is 2.52. The van der Waals surface area contributed by atoms with Crippen molar-refractivity contribution in [2.24, 2.45) is 0 Å². The van der Waals surface area contributed by atoms with Gasteiger partial charge < -0.3 is 14.8 Å². The van der Waals surface area contributed by atoms with Crippen LogP contribution in [0.5, 0.6) is 5.75 Å². The lowest BCUT2D eigenvalue weighted by Gasteiger charge is -2.09. The van der Waals surface area contributed by atoms with Crippen molar-refractivity contribution in [1.29, 1.82) is 0 Å². The van der Waals surface area contributed by atoms with Gasteiger partial charge in [0.25, 0.3) is 0 Å². The van der Waals surface area contributed by atoms with Gasteiger partial charge in [0.15, 0.2) is 0 Å². The second-order valence-corrected chi connectivity index (χ2v) is 4.18. The molecule has 3 heteroatoms. The highest BCUT2D eigenvalue weighted by Crippen LogP contribution is 2.24. The van der Waals surface area contributed by atoms with Gasteiger partial charge in [-0.3, -0.25) is 0 Å². The summed E-state index contributed by atoms with van der Waals surface area (Å²) in [5.74, 6) is 0.282. The first-order chi connectivity index (χ1) is 7.61. The quantitative estimate of drug-likeness (QED) is 0.832. The zero-order chi connectivity index (χ0) is 11.7. The number of phenolic OH excluding ortho intramolecular Hbond substituents is 1. The third-order valence-electron chi connectivity index (χ3n) is 2.79. The summed E-state index contributed by atoms with van der Waals surface area (Å²) in [5.41, 5.74) is 2.22. The predicted octanol–water partition coefficient (Wildman–Crippen LogP) is 2.29. The van der Waals surface area contributed by atoms with E-state index in [1.165, 1.54) is 0 Å². The lowest BCUT2D eigenvalue weighted by molar-refractivity contribution is 0.193. The molecule has 0 saturated carbocycles. The van der Waals surface area contributed by atoms with Crippen LogP contribution < -0.4 is 0 Å². The molecule has 0 bridgehead atoms. The van der Waals surface area contributed by atoms with Crippen LogP contribution in [0.4, 0.5) is 0 Å². The molecule has 16 heavy (non-hydrogen) atoms. The van der Waals surface area contributed by atoms with E-state index in [0.29, 0.717) is 6.42 Å². The number of phenols is 1. The summed E-state index contributed by atoms with van der Waals surface area (Å²) in [7, 11) is 0. The molecule has 0 fully saturated rings. The Hall–Kier alpha value is -1.48. The molecule has 0 aliphatic rings. The Morgan fingerprint density at radius 2 is 2.06 bits per heavy atom. The van der Waals surface area contributed by atoms with Crippen molar-refractivity contribution >= 4 is 10.9 Å². The number of aliphatic hydroxyl groups excluding tert-OH is 1. The molecule has 0 radical (unpaired) electrons. The number of hydrogen-bond acceptors (Lipinski definition) is 2. The topological polar surface area (TPSA) is 45.4 Å². The second kappa shape index (κ2) is 4.18. The third kappa shape index (κ3) is 1.91. The van der Waals surface area contributed by atoms with Crippen LogP contribution in [0.15, 0.2) is 24.3 Å². The molecule has 0 aliphatic carbocycles. The third-order valence-corrected chi connectivity index (χ3v) is 2.79. The number of aryl methyl sites for hydroxylation is 1. The maximum Gasteiger partial charge on any atom is 0.116 e. The van der Waals surface area contributed by atoms with Crippen molar-refractivity contribution in [1.82, 2.24) is 4.57 Å². The maximum absolute atomic E-state index is 9.44. The van der Waals surface area contributed by atoms with Gasteiger partial charge in [-0.05, 0) is 38.1 Å². The number of nitrogens with zero attached hydrogens (tertiary/aromatic N) is 1. The van der Waals surface area contributed by atoms with E-state index < -0.39 is 0 Å². The maximum atomic E-state index is 9.44. The van der Waals surface area contributed by atoms with Crippen LogP contribution in [-0.2, 0) is 13.0 Å². The first-order valence-corrected chi connectivity index (χ1v) is 5.61. The number of benzene rings is 1. The first kappa shape index (κ1) is 11.0. The van der Waals surface area contributed by atoms with Gasteiger partial charge in [0, 0.05) is 29.6 Å². The molecule has 86 valence electrons. The van der Waals surface area contributed by atoms with Crippen molar-refractivity contribution < 1.29 is 10.2 Å². The van der Waals surface area contributed by atoms with E-state index in [-0.39, 0.29) is 11.9 Å². The van der Waals surface area contributed by atoms with Gasteiger partial charge in [0.2, 0.25) is 0 Å². The lowest BCUT2D eigenvalue weighted by atomic mass is 10.2. The van der Waals surface area contributed by atoms with Crippen LogP contribution >= 0.6 is 0 Å². The summed E-state index contributed by atoms with van der Waals surface area (Å²) in [4.78, 5) is 0. The summed E-state index contributed by atoms with van der Waals surface area (Å²) in [6, 6.07) is 7.40. The van der Waals surface area contributed by atoms with Crippen molar-refractivity contribution in [3.63, 3.8) is 0 Å². The zero-order valence-electron chi connectivity index (χ0n) is 9.64. The summed E-state index contributed by atoms with van der Waals surface area (Å²) in [6.07, 6.45) is 0.298. The Kier molecular flexibility index (Phi) is 2.88. The average molecular weight is 219 g/mol. The Balaban J connectivity index is 2.56. The van der Waals surface area contributed by atoms with Crippen molar-refractivity contribution in [2.45, 2.75) is 32.9 Å². The highest BCUT2D eigenvalue weighted by Gasteiger charge is 2.09. The predicted molar refractivity (Wildman–Crippen MR) is 64.7 cm³/mol. The van der Waals surface area contributed by atoms with Gasteiger partial charge in [-0.25, -0.2) is 0 Å². The highest BCUT2D eigenvalue weighted by atomic mass is 16.3. The number of aromatic hydroxyl groups is 1. The van der Waals surface area contributed by atoms with E-state index >= 15 is 0 Å². The van der Waals surface area contributed by atoms with E-state index in [9.17, 15) is 10.2 Å². The molecule has 0 aliphatic heterocycles. The fourth-order valence-electron chi connectivity index (χ4n) is 2.16. The Morgan fingerprint density at radius 1 is 1.31 bits per heavy atom.